The Morgan fingerprint density at radius 2 is 2.08 bits per heavy atom. The summed E-state index contributed by atoms with van der Waals surface area (Å²) in [4.78, 5) is 2.59. The number of piperidine rings is 1. The Hall–Kier alpha value is -0.740. The molecule has 0 aromatic rings. The van der Waals surface area contributed by atoms with Crippen molar-refractivity contribution in [2.75, 3.05) is 13.1 Å². The van der Waals surface area contributed by atoms with Crippen molar-refractivity contribution >= 4 is 0 Å². The van der Waals surface area contributed by atoms with Crippen molar-refractivity contribution < 1.29 is 0 Å². The number of allylic oxidation sites excluding steroid dienone is 1. The highest BCUT2D eigenvalue weighted by Gasteiger charge is 2.22. The van der Waals surface area contributed by atoms with Gasteiger partial charge in [0.05, 0.1) is 0 Å². The first-order valence-corrected chi connectivity index (χ1v) is 5.31. The molecule has 2 aliphatic rings. The van der Waals surface area contributed by atoms with E-state index in [1.165, 1.54) is 44.3 Å². The van der Waals surface area contributed by atoms with E-state index in [-0.39, 0.29) is 0 Å². The first-order chi connectivity index (χ1) is 6.40. The molecule has 1 nitrogen and oxygen atoms in total. The molecular weight excluding hydrogens is 158 g/mol. The molecule has 13 heavy (non-hydrogen) atoms. The predicted molar refractivity (Wildman–Crippen MR) is 55.4 cm³/mol. The topological polar surface area (TPSA) is 3.24 Å². The fraction of sp³-hybridized carbons (Fsp3) is 0.667. The molecule has 1 fully saturated rings. The van der Waals surface area contributed by atoms with Crippen LogP contribution in [0.15, 0.2) is 11.6 Å². The fourth-order valence-electron chi connectivity index (χ4n) is 2.36. The maximum atomic E-state index is 5.39. The monoisotopic (exact) mass is 175 g/mol. The summed E-state index contributed by atoms with van der Waals surface area (Å²) >= 11 is 0. The summed E-state index contributed by atoms with van der Waals surface area (Å²) in [6.07, 6.45) is 14.2. The largest absolute Gasteiger partial charge is 0.297 e. The molecule has 0 radical (unpaired) electrons. The normalized spacial score (nSPS) is 29.8. The highest BCUT2D eigenvalue weighted by atomic mass is 15.2. The molecule has 0 N–H and O–H groups in total. The quantitative estimate of drug-likeness (QED) is 0.552. The molecule has 1 aliphatic carbocycles. The maximum absolute atomic E-state index is 5.39. The minimum atomic E-state index is 0.659. The first kappa shape index (κ1) is 8.84. The molecule has 2 rings (SSSR count). The van der Waals surface area contributed by atoms with Gasteiger partial charge >= 0.3 is 0 Å². The van der Waals surface area contributed by atoms with Crippen LogP contribution in [0.4, 0.5) is 0 Å². The molecular formula is C12H17N. The van der Waals surface area contributed by atoms with Crippen LogP contribution in [0.2, 0.25) is 0 Å². The van der Waals surface area contributed by atoms with Gasteiger partial charge in [0.25, 0.3) is 0 Å². The number of hydrogen-bond donors (Lipinski definition) is 0. The van der Waals surface area contributed by atoms with Crippen molar-refractivity contribution in [2.45, 2.75) is 38.1 Å². The van der Waals surface area contributed by atoms with Crippen molar-refractivity contribution in [3.05, 3.63) is 11.6 Å². The van der Waals surface area contributed by atoms with E-state index >= 15 is 0 Å². The zero-order valence-electron chi connectivity index (χ0n) is 8.13. The van der Waals surface area contributed by atoms with Crippen LogP contribution in [0.1, 0.15) is 32.1 Å². The standard InChI is InChI=1S/C12H17N/c1-2-11-6-7-12(10-11)13-8-4-3-5-9-13/h1,10,12H,3-9H2/t12-/m1/s1. The van der Waals surface area contributed by atoms with Gasteiger partial charge in [0, 0.05) is 6.04 Å². The minimum absolute atomic E-state index is 0.659. The highest BCUT2D eigenvalue weighted by molar-refractivity contribution is 5.30. The second-order valence-electron chi connectivity index (χ2n) is 4.04. The van der Waals surface area contributed by atoms with Gasteiger partial charge in [-0.05, 0) is 44.3 Å². The van der Waals surface area contributed by atoms with Crippen molar-refractivity contribution in [3.63, 3.8) is 0 Å². The Balaban J connectivity index is 1.94. The highest BCUT2D eigenvalue weighted by Crippen LogP contribution is 2.24. The lowest BCUT2D eigenvalue weighted by Gasteiger charge is -2.31. The van der Waals surface area contributed by atoms with Gasteiger partial charge < -0.3 is 0 Å². The third-order valence-electron chi connectivity index (χ3n) is 3.15. The van der Waals surface area contributed by atoms with E-state index in [4.69, 9.17) is 6.42 Å². The molecule has 1 heterocycles. The number of hydrogen-bond acceptors (Lipinski definition) is 1. The van der Waals surface area contributed by atoms with Gasteiger partial charge in [0.15, 0.2) is 0 Å². The summed E-state index contributed by atoms with van der Waals surface area (Å²) in [5, 5.41) is 0. The maximum Gasteiger partial charge on any atom is 0.0293 e. The number of rotatable bonds is 1. The summed E-state index contributed by atoms with van der Waals surface area (Å²) in [7, 11) is 0. The SMILES string of the molecule is C#CC1=C[C@H](N2CCCCC2)CC1. The molecule has 1 aliphatic heterocycles. The molecule has 0 unspecified atom stereocenters. The first-order valence-electron chi connectivity index (χ1n) is 5.31. The van der Waals surface area contributed by atoms with Crippen LogP contribution in [0.3, 0.4) is 0 Å². The van der Waals surface area contributed by atoms with Gasteiger partial charge in [-0.3, -0.25) is 4.90 Å². The van der Waals surface area contributed by atoms with E-state index in [0.717, 1.165) is 6.42 Å². The molecule has 1 saturated heterocycles. The van der Waals surface area contributed by atoms with Crippen molar-refractivity contribution in [1.29, 1.82) is 0 Å². The van der Waals surface area contributed by atoms with Gasteiger partial charge in [-0.15, -0.1) is 6.42 Å². The molecule has 1 heteroatoms. The average Bonchev–Trinajstić information content (AvgIpc) is 2.67. The molecule has 1 atom stereocenters. The van der Waals surface area contributed by atoms with Gasteiger partial charge in [-0.1, -0.05) is 18.4 Å². The van der Waals surface area contributed by atoms with E-state index in [1.807, 2.05) is 0 Å². The average molecular weight is 175 g/mol. The van der Waals surface area contributed by atoms with E-state index in [1.54, 1.807) is 0 Å². The molecule has 0 amide bonds. The Labute approximate surface area is 80.8 Å². The Morgan fingerprint density at radius 3 is 2.69 bits per heavy atom. The zero-order chi connectivity index (χ0) is 9.10. The molecule has 0 bridgehead atoms. The van der Waals surface area contributed by atoms with Gasteiger partial charge in [-0.25, -0.2) is 0 Å². The van der Waals surface area contributed by atoms with Crippen LogP contribution in [-0.4, -0.2) is 24.0 Å². The minimum Gasteiger partial charge on any atom is -0.297 e. The van der Waals surface area contributed by atoms with Crippen LogP contribution in [-0.2, 0) is 0 Å². The smallest absolute Gasteiger partial charge is 0.0293 e. The van der Waals surface area contributed by atoms with Crippen molar-refractivity contribution in [1.82, 2.24) is 4.90 Å². The number of likely N-dealkylation sites (tertiary alicyclic amines) is 1. The van der Waals surface area contributed by atoms with Crippen LogP contribution in [0.25, 0.3) is 0 Å². The summed E-state index contributed by atoms with van der Waals surface area (Å²) < 4.78 is 0. The van der Waals surface area contributed by atoms with Crippen molar-refractivity contribution in [2.24, 2.45) is 0 Å². The van der Waals surface area contributed by atoms with Crippen molar-refractivity contribution in [3.8, 4) is 12.3 Å². The summed E-state index contributed by atoms with van der Waals surface area (Å²) in [6, 6.07) is 0.659. The molecule has 0 aromatic carbocycles. The zero-order valence-corrected chi connectivity index (χ0v) is 8.13. The number of terminal acetylenes is 1. The Morgan fingerprint density at radius 1 is 1.31 bits per heavy atom. The second kappa shape index (κ2) is 3.98. The third-order valence-corrected chi connectivity index (χ3v) is 3.15. The van der Waals surface area contributed by atoms with Gasteiger partial charge in [0.1, 0.15) is 0 Å². The van der Waals surface area contributed by atoms with Gasteiger partial charge in [-0.2, -0.15) is 0 Å². The van der Waals surface area contributed by atoms with Crippen LogP contribution in [0.5, 0.6) is 0 Å². The summed E-state index contributed by atoms with van der Waals surface area (Å²) in [6.45, 7) is 2.55. The van der Waals surface area contributed by atoms with E-state index in [2.05, 4.69) is 16.9 Å². The number of nitrogens with zero attached hydrogens (tertiary/aromatic N) is 1. The van der Waals surface area contributed by atoms with Gasteiger partial charge in [0.2, 0.25) is 0 Å². The summed E-state index contributed by atoms with van der Waals surface area (Å²) in [5.74, 6) is 2.77. The van der Waals surface area contributed by atoms with Crippen LogP contribution < -0.4 is 0 Å². The van der Waals surface area contributed by atoms with E-state index < -0.39 is 0 Å². The van der Waals surface area contributed by atoms with E-state index in [9.17, 15) is 0 Å². The lowest BCUT2D eigenvalue weighted by atomic mass is 10.1. The fourth-order valence-corrected chi connectivity index (χ4v) is 2.36. The van der Waals surface area contributed by atoms with Crippen LogP contribution in [0, 0.1) is 12.3 Å². The predicted octanol–water partition coefficient (Wildman–Crippen LogP) is 2.19. The molecule has 0 aromatic heterocycles. The Bertz CT molecular complexity index is 240. The summed E-state index contributed by atoms with van der Waals surface area (Å²) in [5.41, 5.74) is 1.22. The second-order valence-corrected chi connectivity index (χ2v) is 4.04. The third kappa shape index (κ3) is 1.95. The van der Waals surface area contributed by atoms with E-state index in [0.29, 0.717) is 6.04 Å². The lowest BCUT2D eigenvalue weighted by Crippen LogP contribution is -2.36. The molecule has 70 valence electrons. The lowest BCUT2D eigenvalue weighted by molar-refractivity contribution is 0.189. The Kier molecular flexibility index (Phi) is 2.71. The molecule has 0 spiro atoms. The molecule has 0 saturated carbocycles. The van der Waals surface area contributed by atoms with Crippen LogP contribution >= 0.6 is 0 Å².